The van der Waals surface area contributed by atoms with E-state index in [4.69, 9.17) is 9.84 Å². The van der Waals surface area contributed by atoms with Gasteiger partial charge in [0.25, 0.3) is 0 Å². The third-order valence-corrected chi connectivity index (χ3v) is 2.67. The van der Waals surface area contributed by atoms with Gasteiger partial charge in [0.05, 0.1) is 0 Å². The molecular formula is C13H26O3. The molecule has 3 nitrogen and oxygen atoms in total. The zero-order chi connectivity index (χ0) is 12.6. The smallest absolute Gasteiger partial charge is 0.335 e. The van der Waals surface area contributed by atoms with E-state index in [0.29, 0.717) is 18.9 Å². The first-order valence-electron chi connectivity index (χ1n) is 6.29. The van der Waals surface area contributed by atoms with Crippen LogP contribution in [-0.4, -0.2) is 23.3 Å². The fourth-order valence-corrected chi connectivity index (χ4v) is 1.81. The molecule has 0 bridgehead atoms. The minimum atomic E-state index is -1.01. The van der Waals surface area contributed by atoms with Crippen LogP contribution >= 0.6 is 0 Å². The Morgan fingerprint density at radius 2 is 1.94 bits per heavy atom. The highest BCUT2D eigenvalue weighted by Crippen LogP contribution is 2.22. The molecule has 0 rings (SSSR count). The van der Waals surface area contributed by atoms with Crippen LogP contribution in [0.4, 0.5) is 0 Å². The third-order valence-electron chi connectivity index (χ3n) is 2.67. The summed E-state index contributed by atoms with van der Waals surface area (Å²) in [6.45, 7) is 8.41. The summed E-state index contributed by atoms with van der Waals surface area (Å²) in [4.78, 5) is 11.2. The monoisotopic (exact) mass is 230 g/mol. The largest absolute Gasteiger partial charge is 0.479 e. The van der Waals surface area contributed by atoms with Crippen molar-refractivity contribution in [1.82, 2.24) is 0 Å². The van der Waals surface area contributed by atoms with Crippen LogP contribution in [-0.2, 0) is 9.53 Å². The zero-order valence-electron chi connectivity index (χ0n) is 11.1. The van der Waals surface area contributed by atoms with E-state index < -0.39 is 11.6 Å². The summed E-state index contributed by atoms with van der Waals surface area (Å²) in [5, 5.41) is 9.16. The number of rotatable bonds is 9. The maximum absolute atomic E-state index is 11.2. The van der Waals surface area contributed by atoms with Crippen LogP contribution in [0.15, 0.2) is 0 Å². The molecule has 0 saturated carbocycles. The van der Waals surface area contributed by atoms with Gasteiger partial charge in [0.2, 0.25) is 0 Å². The molecular weight excluding hydrogens is 204 g/mol. The van der Waals surface area contributed by atoms with Crippen molar-refractivity contribution in [3.63, 3.8) is 0 Å². The number of carboxylic acids is 1. The Hall–Kier alpha value is -0.570. The molecule has 1 atom stereocenters. The van der Waals surface area contributed by atoms with Gasteiger partial charge in [0.15, 0.2) is 5.60 Å². The highest BCUT2D eigenvalue weighted by atomic mass is 16.5. The SMILES string of the molecule is CCCCCCOC(C)(CC(C)C)C(=O)O. The summed E-state index contributed by atoms with van der Waals surface area (Å²) in [6, 6.07) is 0. The van der Waals surface area contributed by atoms with E-state index in [9.17, 15) is 4.79 Å². The number of ether oxygens (including phenoxy) is 1. The molecule has 0 aromatic rings. The van der Waals surface area contributed by atoms with Gasteiger partial charge in [0.1, 0.15) is 0 Å². The van der Waals surface area contributed by atoms with Crippen molar-refractivity contribution in [2.75, 3.05) is 6.61 Å². The van der Waals surface area contributed by atoms with Gasteiger partial charge in [-0.3, -0.25) is 0 Å². The van der Waals surface area contributed by atoms with Crippen molar-refractivity contribution < 1.29 is 14.6 Å². The Morgan fingerprint density at radius 1 is 1.31 bits per heavy atom. The summed E-state index contributed by atoms with van der Waals surface area (Å²) in [5.41, 5.74) is -1.01. The maximum atomic E-state index is 11.2. The average Bonchev–Trinajstić information content (AvgIpc) is 2.16. The molecule has 0 aromatic carbocycles. The highest BCUT2D eigenvalue weighted by Gasteiger charge is 2.34. The van der Waals surface area contributed by atoms with Crippen LogP contribution in [0.5, 0.6) is 0 Å². The van der Waals surface area contributed by atoms with Crippen molar-refractivity contribution in [2.24, 2.45) is 5.92 Å². The molecule has 1 N–H and O–H groups in total. The minimum Gasteiger partial charge on any atom is -0.479 e. The fourth-order valence-electron chi connectivity index (χ4n) is 1.81. The van der Waals surface area contributed by atoms with Gasteiger partial charge >= 0.3 is 5.97 Å². The molecule has 0 aliphatic heterocycles. The third kappa shape index (κ3) is 6.11. The van der Waals surface area contributed by atoms with E-state index in [1.807, 2.05) is 13.8 Å². The van der Waals surface area contributed by atoms with Crippen molar-refractivity contribution in [3.8, 4) is 0 Å². The molecule has 0 heterocycles. The molecule has 96 valence electrons. The van der Waals surface area contributed by atoms with Gasteiger partial charge in [-0.15, -0.1) is 0 Å². The number of hydrogen-bond donors (Lipinski definition) is 1. The lowest BCUT2D eigenvalue weighted by molar-refractivity contribution is -0.166. The molecule has 0 aromatic heterocycles. The number of carboxylic acid groups (broad SMARTS) is 1. The summed E-state index contributed by atoms with van der Waals surface area (Å²) in [7, 11) is 0. The van der Waals surface area contributed by atoms with Gasteiger partial charge in [-0.2, -0.15) is 0 Å². The second-order valence-corrected chi connectivity index (χ2v) is 5.04. The van der Waals surface area contributed by atoms with E-state index >= 15 is 0 Å². The standard InChI is InChI=1S/C13H26O3/c1-5-6-7-8-9-16-13(4,12(14)15)10-11(2)3/h11H,5-10H2,1-4H3,(H,14,15). The van der Waals surface area contributed by atoms with Gasteiger partial charge in [-0.1, -0.05) is 40.0 Å². The van der Waals surface area contributed by atoms with Crippen LogP contribution in [0.2, 0.25) is 0 Å². The fraction of sp³-hybridized carbons (Fsp3) is 0.923. The quantitative estimate of drug-likeness (QED) is 0.617. The molecule has 0 spiro atoms. The van der Waals surface area contributed by atoms with Crippen LogP contribution < -0.4 is 0 Å². The lowest BCUT2D eigenvalue weighted by Crippen LogP contribution is -2.40. The molecule has 0 aliphatic rings. The predicted octanol–water partition coefficient (Wildman–Crippen LogP) is 3.47. The van der Waals surface area contributed by atoms with Crippen molar-refractivity contribution in [2.45, 2.75) is 65.4 Å². The summed E-state index contributed by atoms with van der Waals surface area (Å²) in [5.74, 6) is -0.520. The molecule has 0 fully saturated rings. The minimum absolute atomic E-state index is 0.330. The van der Waals surface area contributed by atoms with Crippen LogP contribution in [0.3, 0.4) is 0 Å². The molecule has 1 unspecified atom stereocenters. The second kappa shape index (κ2) is 7.66. The number of hydrogen-bond acceptors (Lipinski definition) is 2. The zero-order valence-corrected chi connectivity index (χ0v) is 11.1. The molecule has 0 radical (unpaired) electrons. The number of aliphatic carboxylic acids is 1. The normalized spacial score (nSPS) is 15.1. The lowest BCUT2D eigenvalue weighted by atomic mass is 9.94. The number of unbranched alkanes of at least 4 members (excludes halogenated alkanes) is 3. The Balaban J connectivity index is 3.98. The van der Waals surface area contributed by atoms with Crippen molar-refractivity contribution in [1.29, 1.82) is 0 Å². The highest BCUT2D eigenvalue weighted by molar-refractivity contribution is 5.76. The van der Waals surface area contributed by atoms with E-state index in [0.717, 1.165) is 12.8 Å². The molecule has 16 heavy (non-hydrogen) atoms. The first-order chi connectivity index (χ1) is 7.42. The summed E-state index contributed by atoms with van der Waals surface area (Å²) < 4.78 is 5.55. The molecule has 0 aliphatic carbocycles. The first-order valence-corrected chi connectivity index (χ1v) is 6.29. The van der Waals surface area contributed by atoms with Gasteiger partial charge < -0.3 is 9.84 Å². The van der Waals surface area contributed by atoms with Crippen molar-refractivity contribution >= 4 is 5.97 Å². The van der Waals surface area contributed by atoms with Gasteiger partial charge in [-0.05, 0) is 25.7 Å². The van der Waals surface area contributed by atoms with Crippen molar-refractivity contribution in [3.05, 3.63) is 0 Å². The predicted molar refractivity (Wildman–Crippen MR) is 65.6 cm³/mol. The topological polar surface area (TPSA) is 46.5 Å². The Kier molecular flexibility index (Phi) is 7.39. The van der Waals surface area contributed by atoms with Gasteiger partial charge in [-0.25, -0.2) is 4.79 Å². The lowest BCUT2D eigenvalue weighted by Gasteiger charge is -2.27. The van der Waals surface area contributed by atoms with Crippen LogP contribution in [0.1, 0.15) is 59.8 Å². The second-order valence-electron chi connectivity index (χ2n) is 5.04. The van der Waals surface area contributed by atoms with E-state index in [1.165, 1.54) is 12.8 Å². The van der Waals surface area contributed by atoms with Gasteiger partial charge in [0, 0.05) is 6.61 Å². The molecule has 3 heteroatoms. The van der Waals surface area contributed by atoms with Crippen LogP contribution in [0, 0.1) is 5.92 Å². The summed E-state index contributed by atoms with van der Waals surface area (Å²) in [6.07, 6.45) is 5.01. The Bertz CT molecular complexity index is 201. The number of carbonyl (C=O) groups is 1. The van der Waals surface area contributed by atoms with E-state index in [2.05, 4.69) is 6.92 Å². The average molecular weight is 230 g/mol. The van der Waals surface area contributed by atoms with E-state index in [-0.39, 0.29) is 0 Å². The maximum Gasteiger partial charge on any atom is 0.335 e. The molecule has 0 saturated heterocycles. The summed E-state index contributed by atoms with van der Waals surface area (Å²) >= 11 is 0. The molecule has 0 amide bonds. The van der Waals surface area contributed by atoms with E-state index in [1.54, 1.807) is 6.92 Å². The Morgan fingerprint density at radius 3 is 2.38 bits per heavy atom. The Labute approximate surface area is 99.2 Å². The first kappa shape index (κ1) is 15.4. The van der Waals surface area contributed by atoms with Crippen LogP contribution in [0.25, 0.3) is 0 Å².